The quantitative estimate of drug-likeness (QED) is 0.597. The SMILES string of the molecule is CCCN(CCC)Cc1c(-c2ccccc2)nc2ccccc2c1C(=O)O. The van der Waals surface area contributed by atoms with E-state index in [1.807, 2.05) is 54.6 Å². The van der Waals surface area contributed by atoms with Gasteiger partial charge >= 0.3 is 5.97 Å². The lowest BCUT2D eigenvalue weighted by molar-refractivity contribution is 0.0696. The van der Waals surface area contributed by atoms with Crippen molar-refractivity contribution in [1.29, 1.82) is 0 Å². The minimum Gasteiger partial charge on any atom is -0.478 e. The molecule has 0 amide bonds. The molecule has 27 heavy (non-hydrogen) atoms. The van der Waals surface area contributed by atoms with Crippen molar-refractivity contribution in [2.45, 2.75) is 33.2 Å². The molecule has 4 nitrogen and oxygen atoms in total. The number of hydrogen-bond donors (Lipinski definition) is 1. The number of rotatable bonds is 8. The van der Waals surface area contributed by atoms with Gasteiger partial charge in [-0.2, -0.15) is 0 Å². The molecule has 2 aromatic carbocycles. The Balaban J connectivity index is 2.26. The molecule has 3 rings (SSSR count). The average molecular weight is 362 g/mol. The minimum atomic E-state index is -0.895. The lowest BCUT2D eigenvalue weighted by atomic mass is 9.96. The molecule has 0 atom stereocenters. The highest BCUT2D eigenvalue weighted by Gasteiger charge is 2.22. The Kier molecular flexibility index (Phi) is 6.20. The molecular formula is C23H26N2O2. The Morgan fingerprint density at radius 2 is 1.59 bits per heavy atom. The minimum absolute atomic E-state index is 0.372. The van der Waals surface area contributed by atoms with Crippen molar-refractivity contribution >= 4 is 16.9 Å². The van der Waals surface area contributed by atoms with E-state index in [0.29, 0.717) is 17.5 Å². The molecule has 4 heteroatoms. The normalized spacial score (nSPS) is 11.2. The summed E-state index contributed by atoms with van der Waals surface area (Å²) in [7, 11) is 0. The Bertz CT molecular complexity index is 916. The third-order valence-corrected chi connectivity index (χ3v) is 4.72. The fourth-order valence-electron chi connectivity index (χ4n) is 3.61. The fraction of sp³-hybridized carbons (Fsp3) is 0.304. The number of carbonyl (C=O) groups is 1. The maximum atomic E-state index is 12.3. The van der Waals surface area contributed by atoms with Crippen LogP contribution in [0.2, 0.25) is 0 Å². The van der Waals surface area contributed by atoms with Crippen LogP contribution in [0.4, 0.5) is 0 Å². The third kappa shape index (κ3) is 4.17. The number of para-hydroxylation sites is 1. The monoisotopic (exact) mass is 362 g/mol. The highest BCUT2D eigenvalue weighted by Crippen LogP contribution is 2.31. The lowest BCUT2D eigenvalue weighted by Gasteiger charge is -2.24. The second-order valence-corrected chi connectivity index (χ2v) is 6.78. The van der Waals surface area contributed by atoms with Gasteiger partial charge in [0.1, 0.15) is 0 Å². The summed E-state index contributed by atoms with van der Waals surface area (Å²) in [6.07, 6.45) is 2.06. The van der Waals surface area contributed by atoms with Gasteiger partial charge in [-0.3, -0.25) is 4.90 Å². The van der Waals surface area contributed by atoms with Crippen LogP contribution in [-0.2, 0) is 6.54 Å². The van der Waals surface area contributed by atoms with Crippen LogP contribution in [0, 0.1) is 0 Å². The predicted molar refractivity (Wildman–Crippen MR) is 110 cm³/mol. The third-order valence-electron chi connectivity index (χ3n) is 4.72. The van der Waals surface area contributed by atoms with E-state index in [2.05, 4.69) is 18.7 Å². The summed E-state index contributed by atoms with van der Waals surface area (Å²) < 4.78 is 0. The van der Waals surface area contributed by atoms with Crippen molar-refractivity contribution in [2.24, 2.45) is 0 Å². The zero-order valence-electron chi connectivity index (χ0n) is 16.0. The highest BCUT2D eigenvalue weighted by molar-refractivity contribution is 6.05. The summed E-state index contributed by atoms with van der Waals surface area (Å²) in [4.78, 5) is 19.5. The molecule has 1 heterocycles. The second-order valence-electron chi connectivity index (χ2n) is 6.78. The molecule has 1 N–H and O–H groups in total. The van der Waals surface area contributed by atoms with E-state index >= 15 is 0 Å². The molecule has 0 unspecified atom stereocenters. The first-order valence-electron chi connectivity index (χ1n) is 9.58. The van der Waals surface area contributed by atoms with Gasteiger partial charge in [-0.15, -0.1) is 0 Å². The molecule has 0 radical (unpaired) electrons. The van der Waals surface area contributed by atoms with Gasteiger partial charge in [-0.1, -0.05) is 62.4 Å². The maximum Gasteiger partial charge on any atom is 0.336 e. The summed E-state index contributed by atoms with van der Waals surface area (Å²) in [6, 6.07) is 17.4. The standard InChI is InChI=1S/C23H26N2O2/c1-3-14-25(15-4-2)16-19-21(23(26)27)18-12-8-9-13-20(18)24-22(19)17-10-6-5-7-11-17/h5-13H,3-4,14-16H2,1-2H3,(H,26,27). The van der Waals surface area contributed by atoms with E-state index in [0.717, 1.165) is 48.3 Å². The molecule has 0 aliphatic carbocycles. The van der Waals surface area contributed by atoms with Crippen LogP contribution < -0.4 is 0 Å². The molecule has 0 bridgehead atoms. The Morgan fingerprint density at radius 3 is 2.22 bits per heavy atom. The topological polar surface area (TPSA) is 53.4 Å². The fourth-order valence-corrected chi connectivity index (χ4v) is 3.61. The van der Waals surface area contributed by atoms with Crippen LogP contribution in [0.1, 0.15) is 42.6 Å². The smallest absolute Gasteiger partial charge is 0.336 e. The van der Waals surface area contributed by atoms with E-state index in [1.165, 1.54) is 0 Å². The van der Waals surface area contributed by atoms with E-state index in [9.17, 15) is 9.90 Å². The van der Waals surface area contributed by atoms with E-state index in [4.69, 9.17) is 4.98 Å². The summed E-state index contributed by atoms with van der Waals surface area (Å²) in [5.41, 5.74) is 3.61. The van der Waals surface area contributed by atoms with Gasteiger partial charge in [0.25, 0.3) is 0 Å². The molecular weight excluding hydrogens is 336 g/mol. The summed E-state index contributed by atoms with van der Waals surface area (Å²) in [5, 5.41) is 10.8. The number of aromatic carboxylic acids is 1. The van der Waals surface area contributed by atoms with Gasteiger partial charge < -0.3 is 5.11 Å². The Labute approximate surface area is 160 Å². The van der Waals surface area contributed by atoms with Gasteiger partial charge in [0, 0.05) is 23.1 Å². The van der Waals surface area contributed by atoms with Crippen molar-refractivity contribution < 1.29 is 9.90 Å². The van der Waals surface area contributed by atoms with Crippen LogP contribution in [0.15, 0.2) is 54.6 Å². The Hall–Kier alpha value is -2.72. The molecule has 0 spiro atoms. The number of fused-ring (bicyclic) bond motifs is 1. The predicted octanol–water partition coefficient (Wildman–Crippen LogP) is 5.22. The summed E-state index contributed by atoms with van der Waals surface area (Å²) >= 11 is 0. The van der Waals surface area contributed by atoms with Crippen molar-refractivity contribution in [2.75, 3.05) is 13.1 Å². The molecule has 1 aromatic heterocycles. The molecule has 0 aliphatic heterocycles. The first-order chi connectivity index (χ1) is 13.2. The molecule has 3 aromatic rings. The van der Waals surface area contributed by atoms with E-state index in [-0.39, 0.29) is 0 Å². The average Bonchev–Trinajstić information content (AvgIpc) is 2.68. The van der Waals surface area contributed by atoms with Crippen LogP contribution in [0.5, 0.6) is 0 Å². The summed E-state index contributed by atoms with van der Waals surface area (Å²) in [6.45, 7) is 6.77. The number of aromatic nitrogens is 1. The van der Waals surface area contributed by atoms with E-state index in [1.54, 1.807) is 0 Å². The number of pyridine rings is 1. The van der Waals surface area contributed by atoms with Crippen LogP contribution in [-0.4, -0.2) is 34.0 Å². The van der Waals surface area contributed by atoms with Crippen molar-refractivity contribution in [3.05, 3.63) is 65.7 Å². The highest BCUT2D eigenvalue weighted by atomic mass is 16.4. The number of carboxylic acid groups (broad SMARTS) is 1. The zero-order chi connectivity index (χ0) is 19.2. The van der Waals surface area contributed by atoms with Crippen molar-refractivity contribution in [3.63, 3.8) is 0 Å². The van der Waals surface area contributed by atoms with Crippen LogP contribution in [0.25, 0.3) is 22.2 Å². The van der Waals surface area contributed by atoms with Gasteiger partial charge in [0.2, 0.25) is 0 Å². The second kappa shape index (κ2) is 8.78. The maximum absolute atomic E-state index is 12.3. The number of benzene rings is 2. The molecule has 0 saturated carbocycles. The van der Waals surface area contributed by atoms with Crippen LogP contribution in [0.3, 0.4) is 0 Å². The number of hydrogen-bond acceptors (Lipinski definition) is 3. The number of nitrogens with zero attached hydrogens (tertiary/aromatic N) is 2. The number of carboxylic acids is 1. The van der Waals surface area contributed by atoms with Crippen LogP contribution >= 0.6 is 0 Å². The van der Waals surface area contributed by atoms with Crippen molar-refractivity contribution in [1.82, 2.24) is 9.88 Å². The van der Waals surface area contributed by atoms with Gasteiger partial charge in [-0.05, 0) is 32.0 Å². The molecule has 0 aliphatic rings. The van der Waals surface area contributed by atoms with E-state index < -0.39 is 5.97 Å². The van der Waals surface area contributed by atoms with Crippen molar-refractivity contribution in [3.8, 4) is 11.3 Å². The summed E-state index contributed by atoms with van der Waals surface area (Å²) in [5.74, 6) is -0.895. The lowest BCUT2D eigenvalue weighted by Crippen LogP contribution is -2.26. The van der Waals surface area contributed by atoms with Gasteiger partial charge in [0.05, 0.1) is 16.8 Å². The first kappa shape index (κ1) is 19.1. The molecule has 140 valence electrons. The van der Waals surface area contributed by atoms with Gasteiger partial charge in [-0.25, -0.2) is 9.78 Å². The largest absolute Gasteiger partial charge is 0.478 e. The Morgan fingerprint density at radius 1 is 0.963 bits per heavy atom. The zero-order valence-corrected chi connectivity index (χ0v) is 16.0. The van der Waals surface area contributed by atoms with Gasteiger partial charge in [0.15, 0.2) is 0 Å². The molecule has 0 saturated heterocycles. The molecule has 0 fully saturated rings. The first-order valence-corrected chi connectivity index (χ1v) is 9.58.